The van der Waals surface area contributed by atoms with Crippen molar-refractivity contribution in [3.05, 3.63) is 76.8 Å². The van der Waals surface area contributed by atoms with E-state index in [1.807, 2.05) is 60.7 Å². The zero-order chi connectivity index (χ0) is 15.4. The minimum atomic E-state index is -0.472. The molecular formula is C18H14BrNO2. The molecule has 0 aliphatic heterocycles. The average Bonchev–Trinajstić information content (AvgIpc) is 2.57. The van der Waals surface area contributed by atoms with E-state index in [0.29, 0.717) is 12.3 Å². The number of ether oxygens (including phenoxy) is 1. The molecule has 0 radical (unpaired) electrons. The second-order valence-electron chi connectivity index (χ2n) is 4.83. The Balaban J connectivity index is 1.70. The van der Waals surface area contributed by atoms with Crippen LogP contribution in [0, 0.1) is 0 Å². The summed E-state index contributed by atoms with van der Waals surface area (Å²) in [5, 5.41) is 4.84. The first-order valence-corrected chi connectivity index (χ1v) is 7.70. The van der Waals surface area contributed by atoms with Crippen LogP contribution in [0.15, 0.2) is 71.2 Å². The predicted octanol–water partition coefficient (Wildman–Crippen LogP) is 4.89. The molecule has 0 bridgehead atoms. The van der Waals surface area contributed by atoms with Crippen LogP contribution in [0.4, 0.5) is 4.79 Å². The number of hydrogen-bond acceptors (Lipinski definition) is 2. The monoisotopic (exact) mass is 355 g/mol. The largest absolute Gasteiger partial charge is 0.412 e. The van der Waals surface area contributed by atoms with Gasteiger partial charge in [-0.25, -0.2) is 4.79 Å². The van der Waals surface area contributed by atoms with Crippen molar-refractivity contribution < 1.29 is 9.53 Å². The summed E-state index contributed by atoms with van der Waals surface area (Å²) in [7, 11) is 0. The number of fused-ring (bicyclic) bond motifs is 1. The van der Waals surface area contributed by atoms with Gasteiger partial charge in [0.15, 0.2) is 0 Å². The third-order valence-electron chi connectivity index (χ3n) is 3.31. The van der Waals surface area contributed by atoms with Crippen molar-refractivity contribution in [3.63, 3.8) is 0 Å². The van der Waals surface area contributed by atoms with Crippen molar-refractivity contribution in [2.75, 3.05) is 0 Å². The zero-order valence-electron chi connectivity index (χ0n) is 11.8. The van der Waals surface area contributed by atoms with Crippen LogP contribution in [0.2, 0.25) is 0 Å². The molecule has 0 unspecified atom stereocenters. The van der Waals surface area contributed by atoms with Gasteiger partial charge in [0.1, 0.15) is 5.75 Å². The van der Waals surface area contributed by atoms with E-state index >= 15 is 0 Å². The molecule has 1 N–H and O–H groups in total. The summed E-state index contributed by atoms with van der Waals surface area (Å²) in [6.07, 6.45) is -0.472. The number of amides is 1. The molecule has 0 aliphatic rings. The molecule has 0 fully saturated rings. The number of benzene rings is 3. The first kappa shape index (κ1) is 14.6. The Kier molecular flexibility index (Phi) is 4.39. The topological polar surface area (TPSA) is 38.3 Å². The van der Waals surface area contributed by atoms with Crippen LogP contribution >= 0.6 is 15.9 Å². The normalized spacial score (nSPS) is 10.4. The first-order valence-electron chi connectivity index (χ1n) is 6.91. The maximum absolute atomic E-state index is 11.9. The molecule has 1 amide bonds. The summed E-state index contributed by atoms with van der Waals surface area (Å²) in [4.78, 5) is 11.9. The van der Waals surface area contributed by atoms with E-state index in [9.17, 15) is 4.79 Å². The van der Waals surface area contributed by atoms with Gasteiger partial charge in [0, 0.05) is 6.54 Å². The highest BCUT2D eigenvalue weighted by Gasteiger charge is 2.10. The second kappa shape index (κ2) is 6.62. The molecule has 0 saturated carbocycles. The molecule has 3 nitrogen and oxygen atoms in total. The molecule has 0 saturated heterocycles. The third-order valence-corrected chi connectivity index (χ3v) is 4.13. The molecular weight excluding hydrogens is 342 g/mol. The fraction of sp³-hybridized carbons (Fsp3) is 0.0556. The Morgan fingerprint density at radius 3 is 2.50 bits per heavy atom. The molecule has 22 heavy (non-hydrogen) atoms. The average molecular weight is 356 g/mol. The number of carbonyl (C=O) groups is 1. The first-order chi connectivity index (χ1) is 10.7. The van der Waals surface area contributed by atoms with E-state index < -0.39 is 6.09 Å². The van der Waals surface area contributed by atoms with E-state index in [0.717, 1.165) is 20.8 Å². The van der Waals surface area contributed by atoms with Gasteiger partial charge in [-0.3, -0.25) is 0 Å². The van der Waals surface area contributed by atoms with Gasteiger partial charge in [-0.1, -0.05) is 60.7 Å². The predicted molar refractivity (Wildman–Crippen MR) is 91.0 cm³/mol. The maximum atomic E-state index is 11.9. The molecule has 110 valence electrons. The fourth-order valence-electron chi connectivity index (χ4n) is 2.20. The maximum Gasteiger partial charge on any atom is 0.412 e. The van der Waals surface area contributed by atoms with Crippen LogP contribution in [0.3, 0.4) is 0 Å². The minimum absolute atomic E-state index is 0.435. The van der Waals surface area contributed by atoms with Crippen LogP contribution in [-0.4, -0.2) is 6.09 Å². The van der Waals surface area contributed by atoms with E-state index in [2.05, 4.69) is 21.2 Å². The molecule has 0 aromatic heterocycles. The van der Waals surface area contributed by atoms with E-state index in [1.165, 1.54) is 0 Å². The van der Waals surface area contributed by atoms with Crippen molar-refractivity contribution in [2.24, 2.45) is 0 Å². The molecule has 0 atom stereocenters. The highest BCUT2D eigenvalue weighted by atomic mass is 79.9. The quantitative estimate of drug-likeness (QED) is 0.726. The third kappa shape index (κ3) is 3.28. The second-order valence-corrected chi connectivity index (χ2v) is 5.62. The van der Waals surface area contributed by atoms with Gasteiger partial charge in [0.25, 0.3) is 0 Å². The van der Waals surface area contributed by atoms with Crippen LogP contribution in [0.25, 0.3) is 10.8 Å². The van der Waals surface area contributed by atoms with E-state index in [-0.39, 0.29) is 0 Å². The van der Waals surface area contributed by atoms with Gasteiger partial charge in [-0.2, -0.15) is 0 Å². The highest BCUT2D eigenvalue weighted by Crippen LogP contribution is 2.33. The van der Waals surface area contributed by atoms with Crippen LogP contribution < -0.4 is 10.1 Å². The van der Waals surface area contributed by atoms with Crippen molar-refractivity contribution in [1.29, 1.82) is 0 Å². The molecule has 4 heteroatoms. The molecule has 0 heterocycles. The smallest absolute Gasteiger partial charge is 0.409 e. The lowest BCUT2D eigenvalue weighted by atomic mass is 10.1. The van der Waals surface area contributed by atoms with Gasteiger partial charge in [0.2, 0.25) is 0 Å². The van der Waals surface area contributed by atoms with Gasteiger partial charge in [0.05, 0.1) is 4.47 Å². The molecule has 0 aliphatic carbocycles. The molecule has 0 spiro atoms. The Hall–Kier alpha value is -2.33. The lowest BCUT2D eigenvalue weighted by Gasteiger charge is -2.10. The number of rotatable bonds is 3. The van der Waals surface area contributed by atoms with E-state index in [1.54, 1.807) is 6.07 Å². The Bertz CT molecular complexity index is 803. The molecule has 3 aromatic carbocycles. The van der Waals surface area contributed by atoms with Crippen molar-refractivity contribution in [1.82, 2.24) is 5.32 Å². The zero-order valence-corrected chi connectivity index (χ0v) is 13.3. The minimum Gasteiger partial charge on any atom is -0.409 e. The summed E-state index contributed by atoms with van der Waals surface area (Å²) in [6, 6.07) is 21.3. The van der Waals surface area contributed by atoms with Gasteiger partial charge in [-0.15, -0.1) is 0 Å². The van der Waals surface area contributed by atoms with Crippen LogP contribution in [0.5, 0.6) is 5.75 Å². The lowest BCUT2D eigenvalue weighted by molar-refractivity contribution is 0.200. The Labute approximate surface area is 137 Å². The number of carbonyl (C=O) groups excluding carboxylic acids is 1. The SMILES string of the molecule is O=C(NCc1ccccc1)Oc1ccc2ccccc2c1Br. The van der Waals surface area contributed by atoms with Gasteiger partial charge >= 0.3 is 6.09 Å². The van der Waals surface area contributed by atoms with E-state index in [4.69, 9.17) is 4.74 Å². The highest BCUT2D eigenvalue weighted by molar-refractivity contribution is 9.10. The van der Waals surface area contributed by atoms with Gasteiger partial charge in [-0.05, 0) is 38.3 Å². The number of halogens is 1. The summed E-state index contributed by atoms with van der Waals surface area (Å²) in [5.41, 5.74) is 1.03. The van der Waals surface area contributed by atoms with Crippen molar-refractivity contribution in [2.45, 2.75) is 6.54 Å². The standard InChI is InChI=1S/C18H14BrNO2/c19-17-15-9-5-4-8-14(15)10-11-16(17)22-18(21)20-12-13-6-2-1-3-7-13/h1-11H,12H2,(H,20,21). The summed E-state index contributed by atoms with van der Waals surface area (Å²) >= 11 is 3.50. The summed E-state index contributed by atoms with van der Waals surface area (Å²) in [5.74, 6) is 0.504. The summed E-state index contributed by atoms with van der Waals surface area (Å²) < 4.78 is 6.16. The molecule has 3 rings (SSSR count). The number of hydrogen-bond donors (Lipinski definition) is 1. The van der Waals surface area contributed by atoms with Gasteiger partial charge < -0.3 is 10.1 Å². The Morgan fingerprint density at radius 2 is 1.68 bits per heavy atom. The van der Waals surface area contributed by atoms with Crippen molar-refractivity contribution >= 4 is 32.8 Å². The van der Waals surface area contributed by atoms with Crippen LogP contribution in [0.1, 0.15) is 5.56 Å². The van der Waals surface area contributed by atoms with Crippen molar-refractivity contribution in [3.8, 4) is 5.75 Å². The summed E-state index contributed by atoms with van der Waals surface area (Å²) in [6.45, 7) is 0.435. The molecule has 3 aromatic rings. The van der Waals surface area contributed by atoms with Crippen LogP contribution in [-0.2, 0) is 6.54 Å². The Morgan fingerprint density at radius 1 is 0.955 bits per heavy atom. The lowest BCUT2D eigenvalue weighted by Crippen LogP contribution is -2.26. The number of nitrogens with one attached hydrogen (secondary N) is 1. The fourth-order valence-corrected chi connectivity index (χ4v) is 2.77.